The van der Waals surface area contributed by atoms with E-state index in [1.165, 1.54) is 5.56 Å². The van der Waals surface area contributed by atoms with Crippen molar-refractivity contribution in [3.05, 3.63) is 59.7 Å². The zero-order valence-corrected chi connectivity index (χ0v) is 14.8. The normalized spacial score (nSPS) is 14.2. The van der Waals surface area contributed by atoms with Crippen molar-refractivity contribution < 1.29 is 9.09 Å². The van der Waals surface area contributed by atoms with E-state index in [1.54, 1.807) is 6.66 Å². The molecule has 0 saturated heterocycles. The summed E-state index contributed by atoms with van der Waals surface area (Å²) in [4.78, 5) is 0. The topological polar surface area (TPSA) is 38.3 Å². The van der Waals surface area contributed by atoms with Crippen molar-refractivity contribution in [2.75, 3.05) is 11.8 Å². The van der Waals surface area contributed by atoms with Crippen molar-refractivity contribution in [3.63, 3.8) is 0 Å². The first-order valence-corrected chi connectivity index (χ1v) is 9.45. The monoisotopic (exact) mass is 317 g/mol. The molecule has 0 aliphatic heterocycles. The SMILES string of the molecule is Cc1ccc(N[P@](C)(=O)Oc2ccc(C(C)(C)C)cc2)cc1. The first-order chi connectivity index (χ1) is 10.2. The number of rotatable bonds is 4. The van der Waals surface area contributed by atoms with Crippen molar-refractivity contribution in [1.82, 2.24) is 0 Å². The minimum atomic E-state index is -2.96. The molecular weight excluding hydrogens is 293 g/mol. The highest BCUT2D eigenvalue weighted by atomic mass is 31.2. The Balaban J connectivity index is 2.08. The number of hydrogen-bond donors (Lipinski definition) is 1. The summed E-state index contributed by atoms with van der Waals surface area (Å²) < 4.78 is 18.2. The lowest BCUT2D eigenvalue weighted by atomic mass is 9.87. The lowest BCUT2D eigenvalue weighted by molar-refractivity contribution is 0.493. The molecule has 3 nitrogen and oxygen atoms in total. The van der Waals surface area contributed by atoms with E-state index in [1.807, 2.05) is 55.5 Å². The van der Waals surface area contributed by atoms with Crippen LogP contribution in [0.4, 0.5) is 5.69 Å². The Bertz CT molecular complexity index is 670. The molecule has 118 valence electrons. The summed E-state index contributed by atoms with van der Waals surface area (Å²) in [6.45, 7) is 10.1. The number of aryl methyl sites for hydroxylation is 1. The zero-order chi connectivity index (χ0) is 16.4. The van der Waals surface area contributed by atoms with Gasteiger partial charge in [0.1, 0.15) is 5.75 Å². The van der Waals surface area contributed by atoms with Crippen LogP contribution < -0.4 is 9.61 Å². The Labute approximate surface area is 133 Å². The van der Waals surface area contributed by atoms with E-state index >= 15 is 0 Å². The standard InChI is InChI=1S/C18H24NO2P/c1-14-6-10-16(11-7-14)19-22(5,20)21-17-12-8-15(9-13-17)18(2,3)4/h6-13H,1-5H3,(H,19,20)/t22-/m1/s1. The highest BCUT2D eigenvalue weighted by Crippen LogP contribution is 2.43. The van der Waals surface area contributed by atoms with Crippen LogP contribution in [-0.2, 0) is 9.98 Å². The van der Waals surface area contributed by atoms with Crippen LogP contribution in [0.25, 0.3) is 0 Å². The Morgan fingerprint density at radius 3 is 2.00 bits per heavy atom. The van der Waals surface area contributed by atoms with Gasteiger partial charge >= 0.3 is 7.52 Å². The highest BCUT2D eigenvalue weighted by molar-refractivity contribution is 7.60. The van der Waals surface area contributed by atoms with E-state index in [-0.39, 0.29) is 5.41 Å². The lowest BCUT2D eigenvalue weighted by Crippen LogP contribution is -2.10. The number of benzene rings is 2. The third-order valence-electron chi connectivity index (χ3n) is 3.38. The van der Waals surface area contributed by atoms with E-state index in [9.17, 15) is 4.57 Å². The van der Waals surface area contributed by atoms with Crippen molar-refractivity contribution in [1.29, 1.82) is 0 Å². The van der Waals surface area contributed by atoms with Gasteiger partial charge in [0.15, 0.2) is 0 Å². The van der Waals surface area contributed by atoms with E-state index in [0.717, 1.165) is 11.3 Å². The predicted molar refractivity (Wildman–Crippen MR) is 94.1 cm³/mol. The number of anilines is 1. The molecule has 2 rings (SSSR count). The molecule has 0 aromatic heterocycles. The Hall–Kier alpha value is -1.73. The third kappa shape index (κ3) is 4.64. The second-order valence-corrected chi connectivity index (χ2v) is 8.79. The van der Waals surface area contributed by atoms with Gasteiger partial charge in [-0.1, -0.05) is 50.6 Å². The van der Waals surface area contributed by atoms with E-state index in [0.29, 0.717) is 5.75 Å². The summed E-state index contributed by atoms with van der Waals surface area (Å²) in [5, 5.41) is 2.97. The molecule has 2 aromatic carbocycles. The van der Waals surface area contributed by atoms with Crippen molar-refractivity contribution in [2.24, 2.45) is 0 Å². The summed E-state index contributed by atoms with van der Waals surface area (Å²) in [6, 6.07) is 15.5. The van der Waals surface area contributed by atoms with Gasteiger partial charge in [0.25, 0.3) is 0 Å². The average molecular weight is 317 g/mol. The molecule has 0 fully saturated rings. The van der Waals surface area contributed by atoms with Crippen LogP contribution in [0.1, 0.15) is 31.9 Å². The maximum absolute atomic E-state index is 12.6. The molecule has 0 aliphatic rings. The minimum absolute atomic E-state index is 0.0919. The van der Waals surface area contributed by atoms with Gasteiger partial charge in [-0.3, -0.25) is 4.57 Å². The molecule has 0 saturated carbocycles. The van der Waals surface area contributed by atoms with Crippen molar-refractivity contribution in [3.8, 4) is 5.75 Å². The predicted octanol–water partition coefficient (Wildman–Crippen LogP) is 5.61. The van der Waals surface area contributed by atoms with Crippen molar-refractivity contribution in [2.45, 2.75) is 33.1 Å². The summed E-state index contributed by atoms with van der Waals surface area (Å²) in [5.74, 6) is 0.610. The minimum Gasteiger partial charge on any atom is -0.429 e. The molecule has 1 atom stereocenters. The van der Waals surface area contributed by atoms with Crippen LogP contribution in [0.2, 0.25) is 0 Å². The molecule has 0 unspecified atom stereocenters. The Morgan fingerprint density at radius 1 is 0.955 bits per heavy atom. The molecule has 22 heavy (non-hydrogen) atoms. The molecule has 0 spiro atoms. The zero-order valence-electron chi connectivity index (χ0n) is 13.9. The van der Waals surface area contributed by atoms with E-state index < -0.39 is 7.52 Å². The van der Waals surface area contributed by atoms with E-state index in [2.05, 4.69) is 25.9 Å². The van der Waals surface area contributed by atoms with E-state index in [4.69, 9.17) is 4.52 Å². The van der Waals surface area contributed by atoms with Crippen LogP contribution in [0.3, 0.4) is 0 Å². The molecule has 0 aliphatic carbocycles. The first kappa shape index (κ1) is 16.6. The van der Waals surface area contributed by atoms with Crippen LogP contribution in [-0.4, -0.2) is 6.66 Å². The largest absolute Gasteiger partial charge is 0.429 e. The second-order valence-electron chi connectivity index (χ2n) is 6.69. The Kier molecular flexibility index (Phi) is 4.67. The van der Waals surface area contributed by atoms with Crippen LogP contribution in [0.5, 0.6) is 5.75 Å². The summed E-state index contributed by atoms with van der Waals surface area (Å²) in [6.07, 6.45) is 0. The molecular formula is C18H24NO2P. The first-order valence-electron chi connectivity index (χ1n) is 7.38. The molecule has 2 aromatic rings. The lowest BCUT2D eigenvalue weighted by Gasteiger charge is -2.21. The second kappa shape index (κ2) is 6.18. The molecule has 1 N–H and O–H groups in total. The highest BCUT2D eigenvalue weighted by Gasteiger charge is 2.18. The van der Waals surface area contributed by atoms with Gasteiger partial charge in [0.2, 0.25) is 0 Å². The third-order valence-corrected chi connectivity index (χ3v) is 4.61. The van der Waals surface area contributed by atoms with Gasteiger partial charge < -0.3 is 9.61 Å². The van der Waals surface area contributed by atoms with Crippen LogP contribution >= 0.6 is 7.52 Å². The van der Waals surface area contributed by atoms with Gasteiger partial charge in [-0.05, 0) is 42.2 Å². The Morgan fingerprint density at radius 2 is 1.50 bits per heavy atom. The van der Waals surface area contributed by atoms with Gasteiger partial charge in [0.05, 0.1) is 0 Å². The molecule has 0 heterocycles. The summed E-state index contributed by atoms with van der Waals surface area (Å²) >= 11 is 0. The fraction of sp³-hybridized carbons (Fsp3) is 0.333. The smallest absolute Gasteiger partial charge is 0.338 e. The fourth-order valence-electron chi connectivity index (χ4n) is 2.10. The van der Waals surface area contributed by atoms with Crippen LogP contribution in [0, 0.1) is 6.92 Å². The van der Waals surface area contributed by atoms with Gasteiger partial charge in [-0.2, -0.15) is 0 Å². The van der Waals surface area contributed by atoms with Gasteiger partial charge in [-0.25, -0.2) is 0 Å². The molecule has 0 bridgehead atoms. The van der Waals surface area contributed by atoms with Crippen molar-refractivity contribution >= 4 is 13.2 Å². The number of hydrogen-bond acceptors (Lipinski definition) is 2. The number of nitrogens with one attached hydrogen (secondary N) is 1. The van der Waals surface area contributed by atoms with Gasteiger partial charge in [0, 0.05) is 12.4 Å². The van der Waals surface area contributed by atoms with Gasteiger partial charge in [-0.15, -0.1) is 0 Å². The summed E-state index contributed by atoms with van der Waals surface area (Å²) in [5.41, 5.74) is 3.27. The summed E-state index contributed by atoms with van der Waals surface area (Å²) in [7, 11) is -2.96. The average Bonchev–Trinajstić information content (AvgIpc) is 2.40. The molecule has 0 radical (unpaired) electrons. The fourth-order valence-corrected chi connectivity index (χ4v) is 3.29. The maximum atomic E-state index is 12.6. The van der Waals surface area contributed by atoms with Crippen LogP contribution in [0.15, 0.2) is 48.5 Å². The maximum Gasteiger partial charge on any atom is 0.338 e. The molecule has 4 heteroatoms. The quantitative estimate of drug-likeness (QED) is 0.745. The molecule has 0 amide bonds.